The van der Waals surface area contributed by atoms with Crippen molar-refractivity contribution in [2.24, 2.45) is 7.05 Å². The van der Waals surface area contributed by atoms with Crippen LogP contribution in [0.2, 0.25) is 0 Å². The van der Waals surface area contributed by atoms with Crippen molar-refractivity contribution in [3.63, 3.8) is 0 Å². The van der Waals surface area contributed by atoms with Gasteiger partial charge in [-0.25, -0.2) is 4.98 Å². The van der Waals surface area contributed by atoms with Gasteiger partial charge in [-0.1, -0.05) is 73.7 Å². The van der Waals surface area contributed by atoms with E-state index in [2.05, 4.69) is 54.4 Å². The maximum Gasteiger partial charge on any atom is 0.211 e. The molecular weight excluding hydrogens is 463 g/mol. The van der Waals surface area contributed by atoms with Gasteiger partial charge in [0.15, 0.2) is 0 Å². The fourth-order valence-corrected chi connectivity index (χ4v) is 3.63. The molecule has 0 amide bonds. The number of carbonyl (C=O) groups excluding carboxylic acids is 1. The molecule has 0 bridgehead atoms. The molecule has 4 nitrogen and oxygen atoms in total. The van der Waals surface area contributed by atoms with Crippen LogP contribution in [-0.2, 0) is 16.9 Å². The molecule has 0 fully saturated rings. The van der Waals surface area contributed by atoms with Crippen LogP contribution >= 0.6 is 22.6 Å². The third-order valence-corrected chi connectivity index (χ3v) is 5.77. The van der Waals surface area contributed by atoms with Crippen molar-refractivity contribution in [2.75, 3.05) is 7.11 Å². The van der Waals surface area contributed by atoms with Crippen LogP contribution in [0.15, 0.2) is 48.7 Å². The maximum atomic E-state index is 13.1. The number of halogens is 1. The molecule has 0 spiro atoms. The summed E-state index contributed by atoms with van der Waals surface area (Å²) in [7, 11) is 3.52. The lowest BCUT2D eigenvalue weighted by Gasteiger charge is -2.19. The Morgan fingerprint density at radius 1 is 1.14 bits per heavy atom. The van der Waals surface area contributed by atoms with E-state index in [1.165, 1.54) is 11.1 Å². The number of alkyl halides is 1. The van der Waals surface area contributed by atoms with Crippen molar-refractivity contribution in [3.8, 4) is 17.1 Å². The molecule has 0 N–H and O–H groups in total. The van der Waals surface area contributed by atoms with Gasteiger partial charge in [-0.05, 0) is 28.7 Å². The minimum atomic E-state index is -0.0364. The number of carbonyl (C=O) groups is 1. The SMILES string of the molecule is COc1ccc(CI)cc1-c1ncc(C(=O)c2ccc(C(C)(C)C)cc2)n1C. The van der Waals surface area contributed by atoms with E-state index >= 15 is 0 Å². The Morgan fingerprint density at radius 3 is 2.39 bits per heavy atom. The minimum Gasteiger partial charge on any atom is -0.496 e. The van der Waals surface area contributed by atoms with Crippen LogP contribution in [0, 0.1) is 0 Å². The van der Waals surface area contributed by atoms with Crippen LogP contribution in [-0.4, -0.2) is 22.4 Å². The number of methoxy groups -OCH3 is 1. The fraction of sp³-hybridized carbons (Fsp3) is 0.304. The van der Waals surface area contributed by atoms with Crippen molar-refractivity contribution >= 4 is 28.4 Å². The number of rotatable bonds is 5. The van der Waals surface area contributed by atoms with Crippen LogP contribution in [0.1, 0.15) is 48.0 Å². The first kappa shape index (κ1) is 20.6. The minimum absolute atomic E-state index is 0.0364. The maximum absolute atomic E-state index is 13.1. The highest BCUT2D eigenvalue weighted by Gasteiger charge is 2.20. The number of nitrogens with zero attached hydrogens (tertiary/aromatic N) is 2. The Kier molecular flexibility index (Phi) is 5.93. The fourth-order valence-electron chi connectivity index (χ4n) is 3.15. The van der Waals surface area contributed by atoms with Crippen molar-refractivity contribution in [3.05, 3.63) is 71.0 Å². The lowest BCUT2D eigenvalue weighted by Crippen LogP contribution is -2.12. The predicted molar refractivity (Wildman–Crippen MR) is 121 cm³/mol. The van der Waals surface area contributed by atoms with E-state index in [1.807, 2.05) is 48.0 Å². The second kappa shape index (κ2) is 8.07. The van der Waals surface area contributed by atoms with Gasteiger partial charge in [-0.15, -0.1) is 0 Å². The molecule has 1 aromatic heterocycles. The zero-order chi connectivity index (χ0) is 20.5. The summed E-state index contributed by atoms with van der Waals surface area (Å²) >= 11 is 2.33. The third kappa shape index (κ3) is 3.99. The van der Waals surface area contributed by atoms with Gasteiger partial charge in [-0.3, -0.25) is 4.79 Å². The van der Waals surface area contributed by atoms with Gasteiger partial charge in [0.25, 0.3) is 0 Å². The third-order valence-electron chi connectivity index (χ3n) is 4.89. The average molecular weight is 488 g/mol. The van der Waals surface area contributed by atoms with Gasteiger partial charge < -0.3 is 9.30 Å². The molecule has 0 atom stereocenters. The summed E-state index contributed by atoms with van der Waals surface area (Å²) in [6.45, 7) is 6.48. The smallest absolute Gasteiger partial charge is 0.211 e. The van der Waals surface area contributed by atoms with Crippen LogP contribution in [0.3, 0.4) is 0 Å². The largest absolute Gasteiger partial charge is 0.496 e. The highest BCUT2D eigenvalue weighted by molar-refractivity contribution is 14.1. The molecule has 28 heavy (non-hydrogen) atoms. The number of hydrogen-bond donors (Lipinski definition) is 0. The number of imidazole rings is 1. The topological polar surface area (TPSA) is 44.1 Å². The highest BCUT2D eigenvalue weighted by atomic mass is 127. The Hall–Kier alpha value is -2.15. The molecule has 0 radical (unpaired) electrons. The van der Waals surface area contributed by atoms with Gasteiger partial charge in [0.2, 0.25) is 5.78 Å². The standard InChI is InChI=1S/C23H25IN2O2/c1-23(2,3)17-9-7-16(8-10-17)21(27)19-14-25-22(26(19)4)18-12-15(13-24)6-11-20(18)28-5/h6-12,14H,13H2,1-5H3. The van der Waals surface area contributed by atoms with Gasteiger partial charge in [0.05, 0.1) is 18.9 Å². The summed E-state index contributed by atoms with van der Waals surface area (Å²) in [6, 6.07) is 13.9. The number of hydrogen-bond acceptors (Lipinski definition) is 3. The molecule has 2 aromatic carbocycles. The molecular formula is C23H25IN2O2. The lowest BCUT2D eigenvalue weighted by molar-refractivity contribution is 0.103. The van der Waals surface area contributed by atoms with Crippen molar-refractivity contribution in [1.82, 2.24) is 9.55 Å². The first-order chi connectivity index (χ1) is 13.3. The first-order valence-corrected chi connectivity index (χ1v) is 10.7. The van der Waals surface area contributed by atoms with Crippen LogP contribution in [0.5, 0.6) is 5.75 Å². The second-order valence-corrected chi connectivity index (χ2v) is 8.61. The summed E-state index contributed by atoms with van der Waals surface area (Å²) < 4.78 is 8.25. The summed E-state index contributed by atoms with van der Waals surface area (Å²) in [6.07, 6.45) is 1.64. The van der Waals surface area contributed by atoms with Gasteiger partial charge >= 0.3 is 0 Å². The Balaban J connectivity index is 1.98. The monoisotopic (exact) mass is 488 g/mol. The van der Waals surface area contributed by atoms with E-state index in [4.69, 9.17) is 4.74 Å². The van der Waals surface area contributed by atoms with E-state index < -0.39 is 0 Å². The Morgan fingerprint density at radius 2 is 1.82 bits per heavy atom. The molecule has 0 aliphatic heterocycles. The van der Waals surface area contributed by atoms with Crippen molar-refractivity contribution in [2.45, 2.75) is 30.6 Å². The zero-order valence-corrected chi connectivity index (χ0v) is 19.1. The normalized spacial score (nSPS) is 11.5. The lowest BCUT2D eigenvalue weighted by atomic mass is 9.86. The van der Waals surface area contributed by atoms with Crippen LogP contribution in [0.4, 0.5) is 0 Å². The number of ketones is 1. The number of benzene rings is 2. The second-order valence-electron chi connectivity index (χ2n) is 7.85. The van der Waals surface area contributed by atoms with Crippen molar-refractivity contribution < 1.29 is 9.53 Å². The van der Waals surface area contributed by atoms with Gasteiger partial charge in [-0.2, -0.15) is 0 Å². The van der Waals surface area contributed by atoms with Gasteiger partial charge in [0.1, 0.15) is 17.3 Å². The van der Waals surface area contributed by atoms with Crippen molar-refractivity contribution in [1.29, 1.82) is 0 Å². The predicted octanol–water partition coefficient (Wildman–Crippen LogP) is 5.56. The van der Waals surface area contributed by atoms with Gasteiger partial charge in [0, 0.05) is 17.0 Å². The molecule has 0 unspecified atom stereocenters. The molecule has 5 heteroatoms. The molecule has 0 saturated heterocycles. The summed E-state index contributed by atoms with van der Waals surface area (Å²) in [5, 5.41) is 0. The van der Waals surface area contributed by atoms with E-state index in [0.29, 0.717) is 11.3 Å². The molecule has 3 aromatic rings. The Bertz CT molecular complexity index is 998. The molecule has 0 aliphatic rings. The average Bonchev–Trinajstić information content (AvgIpc) is 3.07. The van der Waals surface area contributed by atoms with E-state index in [0.717, 1.165) is 21.6 Å². The Labute approximate surface area is 180 Å². The number of ether oxygens (including phenoxy) is 1. The molecule has 0 aliphatic carbocycles. The van der Waals surface area contributed by atoms with E-state index in [1.54, 1.807) is 13.3 Å². The highest BCUT2D eigenvalue weighted by Crippen LogP contribution is 2.31. The summed E-state index contributed by atoms with van der Waals surface area (Å²) in [4.78, 5) is 17.6. The zero-order valence-electron chi connectivity index (χ0n) is 16.9. The summed E-state index contributed by atoms with van der Waals surface area (Å²) in [5.74, 6) is 1.43. The molecule has 3 rings (SSSR count). The quantitative estimate of drug-likeness (QED) is 0.269. The van der Waals surface area contributed by atoms with E-state index in [9.17, 15) is 4.79 Å². The van der Waals surface area contributed by atoms with Crippen LogP contribution < -0.4 is 4.74 Å². The molecule has 1 heterocycles. The van der Waals surface area contributed by atoms with E-state index in [-0.39, 0.29) is 11.2 Å². The molecule has 0 saturated carbocycles. The molecule has 146 valence electrons. The summed E-state index contributed by atoms with van der Waals surface area (Å²) in [5.41, 5.74) is 4.55. The number of aromatic nitrogens is 2. The first-order valence-electron chi connectivity index (χ1n) is 9.16. The van der Waals surface area contributed by atoms with Crippen LogP contribution in [0.25, 0.3) is 11.4 Å².